The molecule has 1 aromatic heterocycles. The molecule has 0 amide bonds. The molecule has 254 valence electrons. The van der Waals surface area contributed by atoms with Gasteiger partial charge in [0.25, 0.3) is 0 Å². The van der Waals surface area contributed by atoms with Crippen molar-refractivity contribution in [1.82, 2.24) is 0 Å². The molecule has 4 nitrogen and oxygen atoms in total. The zero-order valence-electron chi connectivity index (χ0n) is 29.3. The predicted molar refractivity (Wildman–Crippen MR) is 226 cm³/mol. The van der Waals surface area contributed by atoms with Gasteiger partial charge in [-0.15, -0.1) is 0 Å². The third-order valence-electron chi connectivity index (χ3n) is 9.48. The van der Waals surface area contributed by atoms with Crippen LogP contribution in [-0.4, -0.2) is 24.9 Å². The average molecular weight is 684 g/mol. The topological polar surface area (TPSA) is 50.2 Å². The first-order valence-corrected chi connectivity index (χ1v) is 17.7. The van der Waals surface area contributed by atoms with Gasteiger partial charge >= 0.3 is 0 Å². The summed E-state index contributed by atoms with van der Waals surface area (Å²) in [4.78, 5) is 14.6. The summed E-state index contributed by atoms with van der Waals surface area (Å²) in [7, 11) is 0. The first-order valence-electron chi connectivity index (χ1n) is 17.7. The number of rotatable bonds is 9. The van der Waals surface area contributed by atoms with Crippen molar-refractivity contribution in [2.24, 2.45) is 15.0 Å². The molecule has 0 saturated heterocycles. The van der Waals surface area contributed by atoms with Gasteiger partial charge in [-0.2, -0.15) is 0 Å². The van der Waals surface area contributed by atoms with Crippen LogP contribution in [0.3, 0.4) is 0 Å². The van der Waals surface area contributed by atoms with Gasteiger partial charge in [0, 0.05) is 21.9 Å². The largest absolute Gasteiger partial charge is 0.456 e. The van der Waals surface area contributed by atoms with Crippen molar-refractivity contribution in [3.63, 3.8) is 0 Å². The second kappa shape index (κ2) is 15.1. The Hall–Kier alpha value is -6.91. The van der Waals surface area contributed by atoms with Gasteiger partial charge in [-0.3, -0.25) is 4.99 Å². The lowest BCUT2D eigenvalue weighted by molar-refractivity contribution is 0.669. The molecule has 7 aromatic carbocycles. The van der Waals surface area contributed by atoms with Crippen molar-refractivity contribution in [1.29, 1.82) is 0 Å². The number of allylic oxidation sites excluding steroid dienone is 3. The highest BCUT2D eigenvalue weighted by atomic mass is 16.3. The van der Waals surface area contributed by atoms with Crippen molar-refractivity contribution in [3.05, 3.63) is 205 Å². The first-order chi connectivity index (χ1) is 26.2. The van der Waals surface area contributed by atoms with Crippen molar-refractivity contribution in [2.45, 2.75) is 6.42 Å². The molecule has 0 aliphatic rings. The van der Waals surface area contributed by atoms with Gasteiger partial charge in [-0.05, 0) is 81.2 Å². The van der Waals surface area contributed by atoms with Gasteiger partial charge < -0.3 is 4.42 Å². The minimum absolute atomic E-state index is 0.387. The molecule has 0 bridgehead atoms. The Morgan fingerprint density at radius 1 is 0.623 bits per heavy atom. The highest BCUT2D eigenvalue weighted by Gasteiger charge is 2.17. The molecule has 1 heterocycles. The molecule has 8 aromatic rings. The van der Waals surface area contributed by atoms with Crippen LogP contribution in [0.1, 0.15) is 16.7 Å². The van der Waals surface area contributed by atoms with Crippen molar-refractivity contribution < 1.29 is 4.42 Å². The Morgan fingerprint density at radius 2 is 1.32 bits per heavy atom. The molecule has 8 rings (SSSR count). The monoisotopic (exact) mass is 683 g/mol. The number of nitrogens with zero attached hydrogens (tertiary/aromatic N) is 3. The number of aliphatic imine (C=N–C) groups is 3. The van der Waals surface area contributed by atoms with Gasteiger partial charge in [0.1, 0.15) is 11.2 Å². The Morgan fingerprint density at radius 3 is 2.11 bits per heavy atom. The zero-order valence-corrected chi connectivity index (χ0v) is 29.3. The summed E-state index contributed by atoms with van der Waals surface area (Å²) in [6.07, 6.45) is 8.87. The fraction of sp³-hybridized carbons (Fsp3) is 0.0408. The molecule has 0 unspecified atom stereocenters. The first kappa shape index (κ1) is 33.2. The predicted octanol–water partition coefficient (Wildman–Crippen LogP) is 12.4. The van der Waals surface area contributed by atoms with E-state index in [1.807, 2.05) is 54.6 Å². The minimum Gasteiger partial charge on any atom is -0.456 e. The molecule has 0 aliphatic heterocycles. The van der Waals surface area contributed by atoms with E-state index in [-0.39, 0.29) is 0 Å². The Bertz CT molecular complexity index is 2750. The van der Waals surface area contributed by atoms with E-state index in [0.29, 0.717) is 18.2 Å². The summed E-state index contributed by atoms with van der Waals surface area (Å²) in [5, 5.41) is 6.86. The second-order valence-electron chi connectivity index (χ2n) is 12.9. The van der Waals surface area contributed by atoms with E-state index in [2.05, 4.69) is 134 Å². The Balaban J connectivity index is 1.25. The fourth-order valence-electron chi connectivity index (χ4n) is 6.87. The quantitative estimate of drug-likeness (QED) is 0.0646. The highest BCUT2D eigenvalue weighted by molar-refractivity contribution is 6.22. The van der Waals surface area contributed by atoms with Crippen LogP contribution < -0.4 is 0 Å². The van der Waals surface area contributed by atoms with Crippen LogP contribution >= 0.6 is 0 Å². The van der Waals surface area contributed by atoms with E-state index in [9.17, 15) is 0 Å². The van der Waals surface area contributed by atoms with Crippen LogP contribution in [0.25, 0.3) is 54.6 Å². The molecule has 0 aliphatic carbocycles. The molecule has 4 heteroatoms. The summed E-state index contributed by atoms with van der Waals surface area (Å²) in [6.45, 7) is 8.23. The van der Waals surface area contributed by atoms with E-state index in [1.54, 1.807) is 6.08 Å². The second-order valence-corrected chi connectivity index (χ2v) is 12.9. The van der Waals surface area contributed by atoms with Crippen LogP contribution in [0, 0.1) is 0 Å². The van der Waals surface area contributed by atoms with Crippen LogP contribution in [0.15, 0.2) is 208 Å². The summed E-state index contributed by atoms with van der Waals surface area (Å²) in [5.74, 6) is 1.03. The minimum atomic E-state index is 0.387. The third-order valence-corrected chi connectivity index (χ3v) is 9.48. The van der Waals surface area contributed by atoms with Gasteiger partial charge in [0.15, 0.2) is 11.7 Å². The van der Waals surface area contributed by atoms with Crippen molar-refractivity contribution in [3.8, 4) is 11.1 Å². The van der Waals surface area contributed by atoms with Gasteiger partial charge in [0.05, 0.1) is 6.54 Å². The maximum atomic E-state index is 6.46. The van der Waals surface area contributed by atoms with E-state index in [4.69, 9.17) is 14.4 Å². The number of hydrogen-bond donors (Lipinski definition) is 0. The lowest BCUT2D eigenvalue weighted by Crippen LogP contribution is -2.06. The maximum Gasteiger partial charge on any atom is 0.161 e. The summed E-state index contributed by atoms with van der Waals surface area (Å²) < 4.78 is 6.46. The third kappa shape index (κ3) is 7.03. The molecule has 0 N–H and O–H groups in total. The summed E-state index contributed by atoms with van der Waals surface area (Å²) in [6, 6.07) is 52.3. The van der Waals surface area contributed by atoms with Crippen LogP contribution in [0.4, 0.5) is 0 Å². The lowest BCUT2D eigenvalue weighted by atomic mass is 9.96. The van der Waals surface area contributed by atoms with Gasteiger partial charge in [0.2, 0.25) is 0 Å². The van der Waals surface area contributed by atoms with Gasteiger partial charge in [-0.1, -0.05) is 158 Å². The molecule has 53 heavy (non-hydrogen) atoms. The molecule has 0 spiro atoms. The van der Waals surface area contributed by atoms with E-state index >= 15 is 0 Å². The Labute approximate surface area is 309 Å². The standard InChI is InChI=1S/C49H37N3O/c1-3-14-35(18-12-17-34-15-6-4-7-16-34)33-51-49(52-48(50-2)38-20-8-5-9-21-38)42-23-13-24-46-47(42)44-32-40(29-30-45(44)53-46)39-28-27-37-26-25-36-19-10-11-22-41(36)43(37)31-39/h3-16,18-32H,1-2,17,33H2/b18-12-,35-14+,51-49-,52-48-. The zero-order chi connectivity index (χ0) is 36.0. The van der Waals surface area contributed by atoms with Gasteiger partial charge in [-0.25, -0.2) is 9.98 Å². The normalized spacial score (nSPS) is 12.7. The molecular weight excluding hydrogens is 647 g/mol. The van der Waals surface area contributed by atoms with Crippen LogP contribution in [0.2, 0.25) is 0 Å². The SMILES string of the molecule is C=C/C=C(\C=C/Cc1ccccc1)C/N=C(\N=C(/N=C)c1ccccc1)c1cccc2oc3ccc(-c4ccc5ccc6ccccc6c5c4)cc3c12. The smallest absolute Gasteiger partial charge is 0.161 e. The maximum absolute atomic E-state index is 6.46. The molecule has 0 radical (unpaired) electrons. The van der Waals surface area contributed by atoms with E-state index < -0.39 is 0 Å². The van der Waals surface area contributed by atoms with E-state index in [0.717, 1.165) is 56.2 Å². The number of furan rings is 1. The molecule has 0 saturated carbocycles. The molecular formula is C49H37N3O. The highest BCUT2D eigenvalue weighted by Crippen LogP contribution is 2.36. The van der Waals surface area contributed by atoms with E-state index in [1.165, 1.54) is 27.1 Å². The number of hydrogen-bond acceptors (Lipinski definition) is 2. The fourth-order valence-corrected chi connectivity index (χ4v) is 6.87. The van der Waals surface area contributed by atoms with Crippen LogP contribution in [-0.2, 0) is 6.42 Å². The average Bonchev–Trinajstić information content (AvgIpc) is 3.60. The molecule has 0 fully saturated rings. The molecule has 0 atom stereocenters. The Kier molecular flexibility index (Phi) is 9.50. The number of fused-ring (bicyclic) bond motifs is 6. The summed E-state index contributed by atoms with van der Waals surface area (Å²) in [5.41, 5.74) is 7.76. The number of amidine groups is 2. The van der Waals surface area contributed by atoms with Crippen molar-refractivity contribution in [2.75, 3.05) is 6.54 Å². The lowest BCUT2D eigenvalue weighted by Gasteiger charge is -2.09. The van der Waals surface area contributed by atoms with Crippen LogP contribution in [0.5, 0.6) is 0 Å². The van der Waals surface area contributed by atoms with Crippen molar-refractivity contribution >= 4 is 61.9 Å². The number of benzene rings is 7. The summed E-state index contributed by atoms with van der Waals surface area (Å²) >= 11 is 0.